The molecule has 1 aromatic rings. The summed E-state index contributed by atoms with van der Waals surface area (Å²) in [5.41, 5.74) is -0.429. The van der Waals surface area contributed by atoms with E-state index in [1.807, 2.05) is 6.92 Å². The Balaban J connectivity index is 2.04. The minimum Gasteiger partial charge on any atom is -0.394 e. The van der Waals surface area contributed by atoms with Gasteiger partial charge in [-0.2, -0.15) is 0 Å². The van der Waals surface area contributed by atoms with Gasteiger partial charge in [0.05, 0.1) is 23.4 Å². The van der Waals surface area contributed by atoms with Crippen molar-refractivity contribution in [3.05, 3.63) is 16.1 Å². The molecule has 1 fully saturated rings. The number of aliphatic hydroxyl groups is 1. The van der Waals surface area contributed by atoms with Crippen molar-refractivity contribution in [3.63, 3.8) is 0 Å². The number of amides is 1. The standard InChI is InChI=1S/C13H20N2O2S/c1-9-3-5-13(8-16,6-4-9)15-12(17)11-7-14-10(2)18-11/h7,9,16H,3-6,8H2,1-2H3,(H,15,17). The van der Waals surface area contributed by atoms with Gasteiger partial charge in [0.25, 0.3) is 5.91 Å². The molecule has 0 bridgehead atoms. The summed E-state index contributed by atoms with van der Waals surface area (Å²) < 4.78 is 0. The van der Waals surface area contributed by atoms with Crippen LogP contribution in [0.3, 0.4) is 0 Å². The van der Waals surface area contributed by atoms with Crippen molar-refractivity contribution in [2.75, 3.05) is 6.61 Å². The molecule has 2 N–H and O–H groups in total. The van der Waals surface area contributed by atoms with Crippen molar-refractivity contribution in [3.8, 4) is 0 Å². The summed E-state index contributed by atoms with van der Waals surface area (Å²) in [6.07, 6.45) is 5.43. The molecule has 18 heavy (non-hydrogen) atoms. The number of carbonyl (C=O) groups excluding carboxylic acids is 1. The number of aromatic nitrogens is 1. The van der Waals surface area contributed by atoms with Gasteiger partial charge in [0.2, 0.25) is 0 Å². The van der Waals surface area contributed by atoms with Crippen molar-refractivity contribution >= 4 is 17.2 Å². The van der Waals surface area contributed by atoms with Crippen LogP contribution in [0, 0.1) is 12.8 Å². The van der Waals surface area contributed by atoms with E-state index >= 15 is 0 Å². The average Bonchev–Trinajstić information content (AvgIpc) is 2.79. The summed E-state index contributed by atoms with van der Waals surface area (Å²) in [5, 5.41) is 13.5. The average molecular weight is 268 g/mol. The number of hydrogen-bond acceptors (Lipinski definition) is 4. The normalized spacial score (nSPS) is 28.1. The smallest absolute Gasteiger partial charge is 0.263 e. The first-order valence-electron chi connectivity index (χ1n) is 6.40. The lowest BCUT2D eigenvalue weighted by Crippen LogP contribution is -2.53. The molecule has 1 saturated carbocycles. The summed E-state index contributed by atoms with van der Waals surface area (Å²) in [4.78, 5) is 16.8. The predicted molar refractivity (Wildman–Crippen MR) is 71.8 cm³/mol. The van der Waals surface area contributed by atoms with Crippen molar-refractivity contribution in [1.29, 1.82) is 0 Å². The zero-order valence-electron chi connectivity index (χ0n) is 10.9. The van der Waals surface area contributed by atoms with Crippen molar-refractivity contribution in [1.82, 2.24) is 10.3 Å². The first-order chi connectivity index (χ1) is 8.54. The van der Waals surface area contributed by atoms with Gasteiger partial charge in [0.1, 0.15) is 4.88 Å². The summed E-state index contributed by atoms with van der Waals surface area (Å²) in [6, 6.07) is 0. The van der Waals surface area contributed by atoms with E-state index in [-0.39, 0.29) is 12.5 Å². The zero-order valence-corrected chi connectivity index (χ0v) is 11.7. The Bertz CT molecular complexity index is 422. The fourth-order valence-corrected chi connectivity index (χ4v) is 3.08. The molecule has 1 heterocycles. The third kappa shape index (κ3) is 2.90. The second-order valence-corrected chi connectivity index (χ2v) is 6.55. The highest BCUT2D eigenvalue weighted by Crippen LogP contribution is 2.32. The largest absolute Gasteiger partial charge is 0.394 e. The van der Waals surface area contributed by atoms with E-state index in [9.17, 15) is 9.90 Å². The Morgan fingerprint density at radius 2 is 2.28 bits per heavy atom. The maximum atomic E-state index is 12.1. The Morgan fingerprint density at radius 3 is 2.78 bits per heavy atom. The van der Waals surface area contributed by atoms with Gasteiger partial charge in [-0.3, -0.25) is 4.79 Å². The molecule has 0 spiro atoms. The monoisotopic (exact) mass is 268 g/mol. The Hall–Kier alpha value is -0.940. The van der Waals surface area contributed by atoms with E-state index in [2.05, 4.69) is 17.2 Å². The number of hydrogen-bond donors (Lipinski definition) is 2. The highest BCUT2D eigenvalue weighted by molar-refractivity contribution is 7.13. The van der Waals surface area contributed by atoms with Gasteiger partial charge in [-0.15, -0.1) is 11.3 Å². The predicted octanol–water partition coefficient (Wildman–Crippen LogP) is 2.12. The molecule has 4 nitrogen and oxygen atoms in total. The zero-order chi connectivity index (χ0) is 13.2. The number of aliphatic hydroxyl groups excluding tert-OH is 1. The first kappa shape index (κ1) is 13.5. The highest BCUT2D eigenvalue weighted by atomic mass is 32.1. The van der Waals surface area contributed by atoms with Crippen LogP contribution >= 0.6 is 11.3 Å². The minimum absolute atomic E-state index is 0.0171. The van der Waals surface area contributed by atoms with Crippen LogP contribution in [0.5, 0.6) is 0 Å². The van der Waals surface area contributed by atoms with Crippen LogP contribution in [0.2, 0.25) is 0 Å². The van der Waals surface area contributed by atoms with Gasteiger partial charge in [0.15, 0.2) is 0 Å². The molecule has 0 aliphatic heterocycles. The van der Waals surface area contributed by atoms with Crippen molar-refractivity contribution in [2.24, 2.45) is 5.92 Å². The molecule has 0 aromatic carbocycles. The quantitative estimate of drug-likeness (QED) is 0.882. The molecule has 1 amide bonds. The second-order valence-electron chi connectivity index (χ2n) is 5.32. The fraction of sp³-hybridized carbons (Fsp3) is 0.692. The van der Waals surface area contributed by atoms with Gasteiger partial charge in [0, 0.05) is 0 Å². The molecule has 0 saturated heterocycles. The number of aryl methyl sites for hydroxylation is 1. The lowest BCUT2D eigenvalue weighted by molar-refractivity contribution is 0.0720. The van der Waals surface area contributed by atoms with E-state index < -0.39 is 5.54 Å². The molecule has 1 aromatic heterocycles. The Kier molecular flexibility index (Phi) is 4.02. The fourth-order valence-electron chi connectivity index (χ4n) is 2.41. The molecule has 0 unspecified atom stereocenters. The van der Waals surface area contributed by atoms with Crippen LogP contribution in [-0.2, 0) is 0 Å². The van der Waals surface area contributed by atoms with Gasteiger partial charge in [-0.25, -0.2) is 4.98 Å². The van der Waals surface area contributed by atoms with E-state index in [0.29, 0.717) is 10.8 Å². The summed E-state index contributed by atoms with van der Waals surface area (Å²) in [5.74, 6) is 0.580. The molecule has 1 aliphatic carbocycles. The molecule has 0 radical (unpaired) electrons. The van der Waals surface area contributed by atoms with Crippen LogP contribution in [-0.4, -0.2) is 28.1 Å². The van der Waals surface area contributed by atoms with Crippen LogP contribution in [0.4, 0.5) is 0 Å². The van der Waals surface area contributed by atoms with Crippen molar-refractivity contribution < 1.29 is 9.90 Å². The van der Waals surface area contributed by atoms with Crippen molar-refractivity contribution in [2.45, 2.75) is 45.1 Å². The number of carbonyl (C=O) groups is 1. The molecule has 0 atom stereocenters. The highest BCUT2D eigenvalue weighted by Gasteiger charge is 2.35. The van der Waals surface area contributed by atoms with E-state index in [1.54, 1.807) is 6.20 Å². The van der Waals surface area contributed by atoms with E-state index in [0.717, 1.165) is 30.7 Å². The van der Waals surface area contributed by atoms with Crippen LogP contribution in [0.25, 0.3) is 0 Å². The molecule has 2 rings (SSSR count). The lowest BCUT2D eigenvalue weighted by Gasteiger charge is -2.38. The maximum Gasteiger partial charge on any atom is 0.263 e. The van der Waals surface area contributed by atoms with Gasteiger partial charge in [-0.1, -0.05) is 6.92 Å². The Morgan fingerprint density at radius 1 is 1.61 bits per heavy atom. The van der Waals surface area contributed by atoms with Gasteiger partial charge >= 0.3 is 0 Å². The Labute approximate surface area is 111 Å². The summed E-state index contributed by atoms with van der Waals surface area (Å²) >= 11 is 1.39. The molecular weight excluding hydrogens is 248 g/mol. The first-order valence-corrected chi connectivity index (χ1v) is 7.22. The van der Waals surface area contributed by atoms with Crippen LogP contribution in [0.15, 0.2) is 6.20 Å². The maximum absolute atomic E-state index is 12.1. The van der Waals surface area contributed by atoms with E-state index in [1.165, 1.54) is 11.3 Å². The second kappa shape index (κ2) is 5.36. The van der Waals surface area contributed by atoms with Gasteiger partial charge < -0.3 is 10.4 Å². The molecular formula is C13H20N2O2S. The van der Waals surface area contributed by atoms with Gasteiger partial charge in [-0.05, 0) is 38.5 Å². The number of nitrogens with zero attached hydrogens (tertiary/aromatic N) is 1. The third-order valence-electron chi connectivity index (χ3n) is 3.76. The molecule has 100 valence electrons. The summed E-state index contributed by atoms with van der Waals surface area (Å²) in [7, 11) is 0. The topological polar surface area (TPSA) is 62.2 Å². The summed E-state index contributed by atoms with van der Waals surface area (Å²) in [6.45, 7) is 4.12. The lowest BCUT2D eigenvalue weighted by atomic mass is 9.77. The van der Waals surface area contributed by atoms with E-state index in [4.69, 9.17) is 0 Å². The SMILES string of the molecule is Cc1ncc(C(=O)NC2(CO)CCC(C)CC2)s1. The number of nitrogens with one attached hydrogen (secondary N) is 1. The minimum atomic E-state index is -0.429. The number of thiazole rings is 1. The van der Waals surface area contributed by atoms with Crippen LogP contribution in [0.1, 0.15) is 47.3 Å². The molecule has 1 aliphatic rings. The van der Waals surface area contributed by atoms with Crippen LogP contribution < -0.4 is 5.32 Å². The third-order valence-corrected chi connectivity index (χ3v) is 4.67. The molecule has 5 heteroatoms. The number of rotatable bonds is 3.